The van der Waals surface area contributed by atoms with E-state index in [-0.39, 0.29) is 36.1 Å². The van der Waals surface area contributed by atoms with Crippen LogP contribution in [0.15, 0.2) is 35.3 Å². The zero-order valence-corrected chi connectivity index (χ0v) is 18.3. The molecule has 6 heteroatoms. The van der Waals surface area contributed by atoms with Gasteiger partial charge in [0.15, 0.2) is 0 Å². The second-order valence-electron chi connectivity index (χ2n) is 8.05. The Morgan fingerprint density at radius 1 is 1.34 bits per heavy atom. The van der Waals surface area contributed by atoms with Crippen LogP contribution in [0, 0.1) is 5.92 Å². The number of carbonyl (C=O) groups is 2. The highest BCUT2D eigenvalue weighted by Gasteiger charge is 2.27. The Balaban J connectivity index is 2.15. The number of esters is 2. The van der Waals surface area contributed by atoms with E-state index in [0.29, 0.717) is 17.9 Å². The molecule has 3 unspecified atom stereocenters. The molecule has 1 fully saturated rings. The third kappa shape index (κ3) is 7.03. The van der Waals surface area contributed by atoms with Gasteiger partial charge in [0.2, 0.25) is 0 Å². The minimum Gasteiger partial charge on any atom is -0.453 e. The van der Waals surface area contributed by atoms with Gasteiger partial charge in [-0.15, -0.1) is 0 Å². The largest absolute Gasteiger partial charge is 0.453 e. The van der Waals surface area contributed by atoms with Crippen LogP contribution in [0.4, 0.5) is 0 Å². The average molecular weight is 406 g/mol. The molecule has 1 saturated carbocycles. The van der Waals surface area contributed by atoms with Gasteiger partial charge in [-0.3, -0.25) is 4.79 Å². The monoisotopic (exact) mass is 405 g/mol. The topological polar surface area (TPSA) is 73.9 Å². The lowest BCUT2D eigenvalue weighted by molar-refractivity contribution is -0.144. The molecule has 0 radical (unpaired) electrons. The molecule has 0 bridgehead atoms. The summed E-state index contributed by atoms with van der Waals surface area (Å²) in [5, 5.41) is 3.37. The van der Waals surface area contributed by atoms with E-state index in [9.17, 15) is 9.59 Å². The van der Waals surface area contributed by atoms with Crippen LogP contribution in [-0.4, -0.2) is 37.3 Å². The van der Waals surface area contributed by atoms with Crippen LogP contribution in [-0.2, 0) is 23.8 Å². The minimum atomic E-state index is -0.357. The van der Waals surface area contributed by atoms with Crippen molar-refractivity contribution in [3.05, 3.63) is 35.3 Å². The van der Waals surface area contributed by atoms with Crippen LogP contribution < -0.4 is 5.32 Å². The van der Waals surface area contributed by atoms with E-state index in [2.05, 4.69) is 5.32 Å². The molecule has 6 nitrogen and oxygen atoms in total. The summed E-state index contributed by atoms with van der Waals surface area (Å²) in [6.45, 7) is 7.38. The highest BCUT2D eigenvalue weighted by Crippen LogP contribution is 2.24. The smallest absolute Gasteiger partial charge is 0.355 e. The highest BCUT2D eigenvalue weighted by molar-refractivity contribution is 5.90. The average Bonchev–Trinajstić information content (AvgIpc) is 2.92. The molecule has 1 heterocycles. The standard InChI is InChI=1S/C23H35NO5/c1-6-19(29-22(25)15(2)3)12-11-17-13-21(23(26)28-16(17)4)24-18-9-7-8-10-20(14-18)27-5/h11-13,15-16,18,20,24H,6-10,14H2,1-5H3/b17-11-,19-12+. The maximum Gasteiger partial charge on any atom is 0.355 e. The van der Waals surface area contributed by atoms with Gasteiger partial charge in [-0.2, -0.15) is 0 Å². The third-order valence-corrected chi connectivity index (χ3v) is 5.37. The van der Waals surface area contributed by atoms with Gasteiger partial charge in [-0.1, -0.05) is 39.7 Å². The molecule has 0 saturated heterocycles. The summed E-state index contributed by atoms with van der Waals surface area (Å²) in [7, 11) is 1.74. The lowest BCUT2D eigenvalue weighted by Gasteiger charge is -2.27. The minimum absolute atomic E-state index is 0.182. The van der Waals surface area contributed by atoms with E-state index in [4.69, 9.17) is 14.2 Å². The van der Waals surface area contributed by atoms with Gasteiger partial charge in [0, 0.05) is 19.6 Å². The molecule has 0 aromatic carbocycles. The van der Waals surface area contributed by atoms with Gasteiger partial charge in [-0.05, 0) is 43.9 Å². The molecular formula is C23H35NO5. The second-order valence-corrected chi connectivity index (χ2v) is 8.05. The summed E-state index contributed by atoms with van der Waals surface area (Å²) in [4.78, 5) is 24.2. The van der Waals surface area contributed by atoms with E-state index in [0.717, 1.165) is 37.7 Å². The van der Waals surface area contributed by atoms with E-state index < -0.39 is 0 Å². The van der Waals surface area contributed by atoms with Crippen molar-refractivity contribution < 1.29 is 23.8 Å². The molecule has 0 aromatic rings. The summed E-state index contributed by atoms with van der Waals surface area (Å²) < 4.78 is 16.5. The van der Waals surface area contributed by atoms with Gasteiger partial charge < -0.3 is 19.5 Å². The highest BCUT2D eigenvalue weighted by atomic mass is 16.5. The molecular weight excluding hydrogens is 370 g/mol. The number of hydrogen-bond donors (Lipinski definition) is 1. The SMILES string of the molecule is CC/C(=C\C=C1\C=C(NC2CCCCC(OC)C2)C(=O)OC1C)OC(=O)C(C)C. The van der Waals surface area contributed by atoms with Crippen LogP contribution in [0.2, 0.25) is 0 Å². The molecule has 2 aliphatic rings. The van der Waals surface area contributed by atoms with Gasteiger partial charge in [0.25, 0.3) is 0 Å². The first-order chi connectivity index (χ1) is 13.8. The Morgan fingerprint density at radius 2 is 2.07 bits per heavy atom. The number of methoxy groups -OCH3 is 1. The van der Waals surface area contributed by atoms with Crippen molar-refractivity contribution in [2.24, 2.45) is 5.92 Å². The van der Waals surface area contributed by atoms with E-state index in [1.807, 2.05) is 26.0 Å². The fourth-order valence-corrected chi connectivity index (χ4v) is 3.46. The first-order valence-electron chi connectivity index (χ1n) is 10.7. The Kier molecular flexibility index (Phi) is 8.96. The normalized spacial score (nSPS) is 27.3. The van der Waals surface area contributed by atoms with Crippen LogP contribution in [0.3, 0.4) is 0 Å². The predicted octanol–water partition coefficient (Wildman–Crippen LogP) is 4.17. The zero-order valence-electron chi connectivity index (χ0n) is 18.3. The molecule has 0 spiro atoms. The first-order valence-corrected chi connectivity index (χ1v) is 10.7. The maximum absolute atomic E-state index is 12.4. The van der Waals surface area contributed by atoms with Crippen molar-refractivity contribution in [2.75, 3.05) is 7.11 Å². The third-order valence-electron chi connectivity index (χ3n) is 5.37. The number of hydrogen-bond acceptors (Lipinski definition) is 6. The Morgan fingerprint density at radius 3 is 2.72 bits per heavy atom. The fourth-order valence-electron chi connectivity index (χ4n) is 3.46. The van der Waals surface area contributed by atoms with Gasteiger partial charge in [-0.25, -0.2) is 4.79 Å². The fraction of sp³-hybridized carbons (Fsp3) is 0.652. The van der Waals surface area contributed by atoms with Crippen molar-refractivity contribution in [1.82, 2.24) is 5.32 Å². The number of carbonyl (C=O) groups excluding carboxylic acids is 2. The van der Waals surface area contributed by atoms with Crippen LogP contribution in [0.1, 0.15) is 66.2 Å². The van der Waals surface area contributed by atoms with Crippen LogP contribution in [0.5, 0.6) is 0 Å². The number of cyclic esters (lactones) is 1. The predicted molar refractivity (Wildman–Crippen MR) is 112 cm³/mol. The van der Waals surface area contributed by atoms with Gasteiger partial charge in [0.1, 0.15) is 17.6 Å². The van der Waals surface area contributed by atoms with E-state index >= 15 is 0 Å². The molecule has 0 amide bonds. The molecule has 1 aliphatic carbocycles. The lowest BCUT2D eigenvalue weighted by atomic mass is 10.0. The van der Waals surface area contributed by atoms with Crippen molar-refractivity contribution in [3.8, 4) is 0 Å². The number of ether oxygens (including phenoxy) is 3. The first kappa shape index (κ1) is 23.2. The lowest BCUT2D eigenvalue weighted by Crippen LogP contribution is -2.37. The second kappa shape index (κ2) is 11.2. The zero-order chi connectivity index (χ0) is 21.4. The summed E-state index contributed by atoms with van der Waals surface area (Å²) in [6, 6.07) is 0.185. The number of rotatable bonds is 7. The molecule has 1 aliphatic heterocycles. The van der Waals surface area contributed by atoms with Crippen molar-refractivity contribution in [3.63, 3.8) is 0 Å². The molecule has 29 heavy (non-hydrogen) atoms. The van der Waals surface area contributed by atoms with Crippen LogP contribution >= 0.6 is 0 Å². The number of allylic oxidation sites excluding steroid dienone is 3. The van der Waals surface area contributed by atoms with E-state index in [1.165, 1.54) is 0 Å². The Labute approximate surface area is 174 Å². The summed E-state index contributed by atoms with van der Waals surface area (Å²) in [5.74, 6) is -0.175. The molecule has 3 atom stereocenters. The molecule has 2 rings (SSSR count). The van der Waals surface area contributed by atoms with Crippen molar-refractivity contribution in [1.29, 1.82) is 0 Å². The Bertz CT molecular complexity index is 677. The summed E-state index contributed by atoms with van der Waals surface area (Å²) >= 11 is 0. The molecule has 162 valence electrons. The van der Waals surface area contributed by atoms with Crippen molar-refractivity contribution in [2.45, 2.75) is 84.5 Å². The number of nitrogens with one attached hydrogen (secondary N) is 1. The van der Waals surface area contributed by atoms with Crippen molar-refractivity contribution >= 4 is 11.9 Å². The molecule has 0 aromatic heterocycles. The maximum atomic E-state index is 12.4. The molecule has 1 N–H and O–H groups in total. The Hall–Kier alpha value is -2.08. The van der Waals surface area contributed by atoms with Gasteiger partial charge >= 0.3 is 11.9 Å². The van der Waals surface area contributed by atoms with E-state index in [1.54, 1.807) is 27.0 Å². The van der Waals surface area contributed by atoms with Gasteiger partial charge in [0.05, 0.1) is 12.0 Å². The summed E-state index contributed by atoms with van der Waals surface area (Å²) in [6.07, 6.45) is 11.1. The summed E-state index contributed by atoms with van der Waals surface area (Å²) in [5.41, 5.74) is 1.33. The quantitative estimate of drug-likeness (QED) is 0.389. The van der Waals surface area contributed by atoms with Crippen LogP contribution in [0.25, 0.3) is 0 Å².